The van der Waals surface area contributed by atoms with E-state index in [4.69, 9.17) is 9.72 Å². The first-order valence-electron chi connectivity index (χ1n) is 9.94. The minimum Gasteiger partial charge on any atom is -0.453 e. The van der Waals surface area contributed by atoms with Crippen molar-refractivity contribution in [3.8, 4) is 10.6 Å². The number of carbonyl (C=O) groups excluding carboxylic acids is 2. The normalized spacial score (nSPS) is 13.1. The lowest BCUT2D eigenvalue weighted by atomic mass is 10.0. The van der Waals surface area contributed by atoms with E-state index in [0.29, 0.717) is 24.5 Å². The number of hydrogen-bond donors (Lipinski definition) is 1. The van der Waals surface area contributed by atoms with Crippen molar-refractivity contribution in [2.75, 3.05) is 19.0 Å². The van der Waals surface area contributed by atoms with Gasteiger partial charge in [-0.25, -0.2) is 14.2 Å². The Hall–Kier alpha value is -3.30. The molecule has 162 valence electrons. The Morgan fingerprint density at radius 3 is 2.78 bits per heavy atom. The van der Waals surface area contributed by atoms with E-state index in [1.54, 1.807) is 22.3 Å². The molecule has 0 fully saturated rings. The van der Waals surface area contributed by atoms with Crippen molar-refractivity contribution in [3.63, 3.8) is 0 Å². The molecule has 0 unspecified atom stereocenters. The van der Waals surface area contributed by atoms with Gasteiger partial charge in [0.05, 0.1) is 23.9 Å². The van der Waals surface area contributed by atoms with Crippen LogP contribution in [-0.4, -0.2) is 35.5 Å². The molecule has 3 heterocycles. The molecule has 0 aliphatic carbocycles. The summed E-state index contributed by atoms with van der Waals surface area (Å²) in [7, 11) is 1.36. The second-order valence-electron chi connectivity index (χ2n) is 7.30. The first kappa shape index (κ1) is 20.6. The van der Waals surface area contributed by atoms with Gasteiger partial charge in [0.2, 0.25) is 0 Å². The molecule has 0 radical (unpaired) electrons. The maximum atomic E-state index is 13.6. The van der Waals surface area contributed by atoms with Gasteiger partial charge < -0.3 is 15.0 Å². The first-order chi connectivity index (χ1) is 15.5. The molecule has 32 heavy (non-hydrogen) atoms. The van der Waals surface area contributed by atoms with Crippen LogP contribution in [0.1, 0.15) is 20.8 Å². The summed E-state index contributed by atoms with van der Waals surface area (Å²) in [4.78, 5) is 32.3. The third kappa shape index (κ3) is 3.74. The van der Waals surface area contributed by atoms with Gasteiger partial charge in [0.15, 0.2) is 0 Å². The van der Waals surface area contributed by atoms with Crippen molar-refractivity contribution in [1.29, 1.82) is 0 Å². The van der Waals surface area contributed by atoms with Gasteiger partial charge in [0.1, 0.15) is 15.8 Å². The Morgan fingerprint density at radius 1 is 1.16 bits per heavy atom. The SMILES string of the molecule is COC(=O)N1CCc2c(sc(NC(=O)c3cccc(F)c3)c2-c2nc3ccccc3s2)C1. The summed E-state index contributed by atoms with van der Waals surface area (Å²) in [6.07, 6.45) is 0.248. The number of methoxy groups -OCH3 is 1. The quantitative estimate of drug-likeness (QED) is 0.429. The van der Waals surface area contributed by atoms with E-state index in [1.807, 2.05) is 24.3 Å². The zero-order chi connectivity index (χ0) is 22.2. The highest BCUT2D eigenvalue weighted by Crippen LogP contribution is 2.45. The number of nitrogens with zero attached hydrogens (tertiary/aromatic N) is 2. The van der Waals surface area contributed by atoms with Gasteiger partial charge in [-0.1, -0.05) is 18.2 Å². The highest BCUT2D eigenvalue weighted by Gasteiger charge is 2.30. The molecule has 0 saturated carbocycles. The van der Waals surface area contributed by atoms with Crippen LogP contribution in [0.2, 0.25) is 0 Å². The van der Waals surface area contributed by atoms with Crippen molar-refractivity contribution in [1.82, 2.24) is 9.88 Å². The molecular formula is C23H18FN3O3S2. The highest BCUT2D eigenvalue weighted by molar-refractivity contribution is 7.23. The Balaban J connectivity index is 1.58. The van der Waals surface area contributed by atoms with E-state index in [-0.39, 0.29) is 11.7 Å². The molecule has 0 spiro atoms. The zero-order valence-electron chi connectivity index (χ0n) is 17.1. The molecule has 2 amide bonds. The number of benzene rings is 2. The maximum absolute atomic E-state index is 13.6. The summed E-state index contributed by atoms with van der Waals surface area (Å²) in [5.74, 6) is -0.862. The van der Waals surface area contributed by atoms with Crippen LogP contribution in [0.3, 0.4) is 0 Å². The largest absolute Gasteiger partial charge is 0.453 e. The minimum atomic E-state index is -0.469. The average molecular weight is 468 g/mol. The molecular weight excluding hydrogens is 449 g/mol. The number of thiazole rings is 1. The van der Waals surface area contributed by atoms with Crippen LogP contribution in [0.25, 0.3) is 20.8 Å². The topological polar surface area (TPSA) is 71.5 Å². The molecule has 9 heteroatoms. The monoisotopic (exact) mass is 467 g/mol. The number of carbonyl (C=O) groups is 2. The van der Waals surface area contributed by atoms with Crippen molar-refractivity contribution in [2.45, 2.75) is 13.0 Å². The zero-order valence-corrected chi connectivity index (χ0v) is 18.7. The Bertz CT molecular complexity index is 1310. The minimum absolute atomic E-state index is 0.239. The van der Waals surface area contributed by atoms with Gasteiger partial charge in [-0.05, 0) is 42.3 Å². The van der Waals surface area contributed by atoms with Crippen LogP contribution in [0, 0.1) is 5.82 Å². The van der Waals surface area contributed by atoms with E-state index in [0.717, 1.165) is 31.2 Å². The van der Waals surface area contributed by atoms with Gasteiger partial charge in [0.25, 0.3) is 5.91 Å². The fourth-order valence-electron chi connectivity index (χ4n) is 3.79. The standard InChI is InChI=1S/C23H18FN3O3S2/c1-30-23(29)27-10-9-15-18(12-27)32-22(26-20(28)13-5-4-6-14(24)11-13)19(15)21-25-16-7-2-3-8-17(16)31-21/h2-8,11H,9-10,12H2,1H3,(H,26,28). The lowest BCUT2D eigenvalue weighted by Crippen LogP contribution is -2.35. The molecule has 2 aromatic carbocycles. The summed E-state index contributed by atoms with van der Waals surface area (Å²) in [5.41, 5.74) is 3.08. The molecule has 1 aliphatic heterocycles. The van der Waals surface area contributed by atoms with E-state index in [1.165, 1.54) is 36.6 Å². The van der Waals surface area contributed by atoms with E-state index < -0.39 is 11.7 Å². The van der Waals surface area contributed by atoms with Crippen LogP contribution in [-0.2, 0) is 17.7 Å². The van der Waals surface area contributed by atoms with E-state index in [9.17, 15) is 14.0 Å². The summed E-state index contributed by atoms with van der Waals surface area (Å²) in [5, 5.41) is 4.42. The van der Waals surface area contributed by atoms with Crippen molar-refractivity contribution in [2.24, 2.45) is 0 Å². The number of rotatable bonds is 3. The summed E-state index contributed by atoms with van der Waals surface area (Å²) in [6.45, 7) is 0.923. The predicted molar refractivity (Wildman–Crippen MR) is 124 cm³/mol. The molecule has 1 aliphatic rings. The second kappa shape index (κ2) is 8.33. The molecule has 4 aromatic rings. The number of fused-ring (bicyclic) bond motifs is 2. The number of thiophene rings is 1. The average Bonchev–Trinajstić information content (AvgIpc) is 3.38. The first-order valence-corrected chi connectivity index (χ1v) is 11.6. The van der Waals surface area contributed by atoms with Crippen LogP contribution in [0.4, 0.5) is 14.2 Å². The summed E-state index contributed by atoms with van der Waals surface area (Å²) in [6, 6.07) is 13.5. The highest BCUT2D eigenvalue weighted by atomic mass is 32.1. The summed E-state index contributed by atoms with van der Waals surface area (Å²) < 4.78 is 19.6. The van der Waals surface area contributed by atoms with Crippen LogP contribution in [0.15, 0.2) is 48.5 Å². The second-order valence-corrected chi connectivity index (χ2v) is 9.44. The van der Waals surface area contributed by atoms with Crippen LogP contribution >= 0.6 is 22.7 Å². The number of aromatic nitrogens is 1. The fraction of sp³-hybridized carbons (Fsp3) is 0.174. The number of anilines is 1. The Morgan fingerprint density at radius 2 is 2.00 bits per heavy atom. The molecule has 0 atom stereocenters. The third-order valence-electron chi connectivity index (χ3n) is 5.31. The lowest BCUT2D eigenvalue weighted by Gasteiger charge is -2.25. The van der Waals surface area contributed by atoms with Crippen molar-refractivity contribution >= 4 is 49.9 Å². The molecule has 5 rings (SSSR count). The molecule has 0 saturated heterocycles. The number of hydrogen-bond acceptors (Lipinski definition) is 6. The van der Waals surface area contributed by atoms with Gasteiger partial charge in [-0.15, -0.1) is 22.7 Å². The van der Waals surface area contributed by atoms with Gasteiger partial charge >= 0.3 is 6.09 Å². The van der Waals surface area contributed by atoms with E-state index >= 15 is 0 Å². The van der Waals surface area contributed by atoms with E-state index in [2.05, 4.69) is 5.32 Å². The van der Waals surface area contributed by atoms with Crippen molar-refractivity contribution < 1.29 is 18.7 Å². The van der Waals surface area contributed by atoms with Crippen LogP contribution in [0.5, 0.6) is 0 Å². The lowest BCUT2D eigenvalue weighted by molar-refractivity contribution is 0.102. The van der Waals surface area contributed by atoms with Gasteiger partial charge in [-0.2, -0.15) is 0 Å². The number of nitrogens with one attached hydrogen (secondary N) is 1. The van der Waals surface area contributed by atoms with Crippen LogP contribution < -0.4 is 5.32 Å². The number of ether oxygens (including phenoxy) is 1. The predicted octanol–water partition coefficient (Wildman–Crippen LogP) is 5.54. The van der Waals surface area contributed by atoms with Gasteiger partial charge in [-0.3, -0.25) is 4.79 Å². The Kier molecular flexibility index (Phi) is 5.36. The Labute approximate surface area is 191 Å². The van der Waals surface area contributed by atoms with Crippen molar-refractivity contribution in [3.05, 3.63) is 70.4 Å². The summed E-state index contributed by atoms with van der Waals surface area (Å²) >= 11 is 2.98. The number of amides is 2. The molecule has 6 nitrogen and oxygen atoms in total. The third-order valence-corrected chi connectivity index (χ3v) is 7.50. The molecule has 0 bridgehead atoms. The number of para-hydroxylation sites is 1. The maximum Gasteiger partial charge on any atom is 0.409 e. The molecule has 2 aromatic heterocycles. The smallest absolute Gasteiger partial charge is 0.409 e. The van der Waals surface area contributed by atoms with Gasteiger partial charge in [0, 0.05) is 22.5 Å². The molecule has 1 N–H and O–H groups in total. The number of halogens is 1. The fourth-order valence-corrected chi connectivity index (χ4v) is 6.16.